The van der Waals surface area contributed by atoms with E-state index < -0.39 is 17.6 Å². The number of aromatic nitrogens is 4. The van der Waals surface area contributed by atoms with Gasteiger partial charge in [-0.2, -0.15) is 5.10 Å². The standard InChI is InChI=1S/C23H23FN6O2/c1-13-28-29-22(32-13)15-7-5-14(6-8-15)16-10-18-20(27-19-4-3-9-23(19,2)24)17(21(25)31)11-26-30(18)12-16/h5-8,10-12,19,27H,3-4,9H2,1-2H3,(H2,25,31)/t19-,23+/m1/s1. The molecule has 3 aromatic heterocycles. The number of nitrogens with one attached hydrogen (secondary N) is 1. The van der Waals surface area contributed by atoms with E-state index in [9.17, 15) is 9.18 Å². The van der Waals surface area contributed by atoms with Crippen molar-refractivity contribution in [2.75, 3.05) is 5.32 Å². The van der Waals surface area contributed by atoms with Gasteiger partial charge in [-0.3, -0.25) is 4.79 Å². The van der Waals surface area contributed by atoms with Crippen molar-refractivity contribution in [1.82, 2.24) is 19.8 Å². The molecule has 1 aromatic carbocycles. The fourth-order valence-corrected chi connectivity index (χ4v) is 4.30. The smallest absolute Gasteiger partial charge is 0.252 e. The maximum absolute atomic E-state index is 14.9. The van der Waals surface area contributed by atoms with E-state index in [1.165, 1.54) is 6.20 Å². The van der Waals surface area contributed by atoms with Crippen molar-refractivity contribution in [3.05, 3.63) is 54.2 Å². The first kappa shape index (κ1) is 20.2. The Kier molecular flexibility index (Phi) is 4.69. The van der Waals surface area contributed by atoms with Gasteiger partial charge in [0.05, 0.1) is 29.0 Å². The van der Waals surface area contributed by atoms with E-state index in [0.717, 1.165) is 23.1 Å². The fraction of sp³-hybridized carbons (Fsp3) is 0.304. The van der Waals surface area contributed by atoms with Gasteiger partial charge < -0.3 is 15.5 Å². The first-order valence-corrected chi connectivity index (χ1v) is 10.5. The highest BCUT2D eigenvalue weighted by Gasteiger charge is 2.39. The van der Waals surface area contributed by atoms with Crippen LogP contribution in [-0.2, 0) is 0 Å². The van der Waals surface area contributed by atoms with Gasteiger partial charge in [0.1, 0.15) is 5.67 Å². The van der Waals surface area contributed by atoms with Crippen LogP contribution in [0.15, 0.2) is 47.1 Å². The van der Waals surface area contributed by atoms with E-state index in [4.69, 9.17) is 10.2 Å². The number of nitrogens with two attached hydrogens (primary N) is 1. The molecule has 1 amide bonds. The molecule has 0 unspecified atom stereocenters. The third kappa shape index (κ3) is 3.49. The molecule has 0 radical (unpaired) electrons. The van der Waals surface area contributed by atoms with Gasteiger partial charge in [0.2, 0.25) is 11.8 Å². The zero-order valence-electron chi connectivity index (χ0n) is 17.8. The highest BCUT2D eigenvalue weighted by molar-refractivity contribution is 6.02. The van der Waals surface area contributed by atoms with Crippen LogP contribution < -0.4 is 11.1 Å². The second-order valence-corrected chi connectivity index (χ2v) is 8.43. The summed E-state index contributed by atoms with van der Waals surface area (Å²) in [6.45, 7) is 3.34. The summed E-state index contributed by atoms with van der Waals surface area (Å²) in [4.78, 5) is 12.1. The third-order valence-electron chi connectivity index (χ3n) is 6.10. The molecule has 0 spiro atoms. The van der Waals surface area contributed by atoms with Crippen molar-refractivity contribution in [3.63, 3.8) is 0 Å². The SMILES string of the molecule is Cc1nnc(-c2ccc(-c3cc4c(N[C@@H]5CCC[C@]5(C)F)c(C(N)=O)cnn4c3)cc2)o1. The lowest BCUT2D eigenvalue weighted by molar-refractivity contribution is 0.1000. The summed E-state index contributed by atoms with van der Waals surface area (Å²) in [5, 5.41) is 15.5. The quantitative estimate of drug-likeness (QED) is 0.488. The molecule has 164 valence electrons. The molecule has 1 aliphatic carbocycles. The molecule has 1 fully saturated rings. The summed E-state index contributed by atoms with van der Waals surface area (Å²) in [6.07, 6.45) is 5.24. The van der Waals surface area contributed by atoms with Gasteiger partial charge in [0.15, 0.2) is 0 Å². The molecule has 0 saturated heterocycles. The van der Waals surface area contributed by atoms with Crippen molar-refractivity contribution in [2.45, 2.75) is 44.8 Å². The monoisotopic (exact) mass is 434 g/mol. The number of fused-ring (bicyclic) bond motifs is 1. The predicted molar refractivity (Wildman–Crippen MR) is 118 cm³/mol. The molecule has 32 heavy (non-hydrogen) atoms. The number of rotatable bonds is 5. The first-order valence-electron chi connectivity index (χ1n) is 10.5. The Balaban J connectivity index is 1.54. The van der Waals surface area contributed by atoms with Crippen LogP contribution in [0.25, 0.3) is 28.1 Å². The summed E-state index contributed by atoms with van der Waals surface area (Å²) >= 11 is 0. The summed E-state index contributed by atoms with van der Waals surface area (Å²) in [6, 6.07) is 9.21. The number of carbonyl (C=O) groups excluding carboxylic acids is 1. The fourth-order valence-electron chi connectivity index (χ4n) is 4.30. The highest BCUT2D eigenvalue weighted by Crippen LogP contribution is 2.37. The number of amides is 1. The number of carbonyl (C=O) groups is 1. The number of halogens is 1. The van der Waals surface area contributed by atoms with Gasteiger partial charge >= 0.3 is 0 Å². The lowest BCUT2D eigenvalue weighted by Crippen LogP contribution is -2.36. The van der Waals surface area contributed by atoms with Crippen molar-refractivity contribution >= 4 is 17.1 Å². The minimum absolute atomic E-state index is 0.243. The largest absolute Gasteiger partial charge is 0.421 e. The zero-order chi connectivity index (χ0) is 22.5. The number of hydrogen-bond donors (Lipinski definition) is 2. The molecular formula is C23H23FN6O2. The van der Waals surface area contributed by atoms with E-state index in [2.05, 4.69) is 20.6 Å². The van der Waals surface area contributed by atoms with Gasteiger partial charge in [0, 0.05) is 24.2 Å². The number of anilines is 1. The van der Waals surface area contributed by atoms with Crippen LogP contribution in [0.4, 0.5) is 10.1 Å². The third-order valence-corrected chi connectivity index (χ3v) is 6.10. The minimum atomic E-state index is -1.35. The van der Waals surface area contributed by atoms with Crippen LogP contribution in [0.5, 0.6) is 0 Å². The van der Waals surface area contributed by atoms with E-state index in [1.807, 2.05) is 36.5 Å². The number of benzene rings is 1. The van der Waals surface area contributed by atoms with E-state index >= 15 is 0 Å². The number of alkyl halides is 1. The lowest BCUT2D eigenvalue weighted by atomic mass is 10.0. The predicted octanol–water partition coefficient (Wildman–Crippen LogP) is 4.15. The highest BCUT2D eigenvalue weighted by atomic mass is 19.1. The average Bonchev–Trinajstić information content (AvgIpc) is 3.47. The molecule has 5 rings (SSSR count). The topological polar surface area (TPSA) is 111 Å². The molecule has 0 bridgehead atoms. The first-order chi connectivity index (χ1) is 15.3. The number of primary amides is 1. The molecule has 3 heterocycles. The normalized spacial score (nSPS) is 20.7. The van der Waals surface area contributed by atoms with Gasteiger partial charge in [-0.1, -0.05) is 12.1 Å². The number of nitrogens with zero attached hydrogens (tertiary/aromatic N) is 4. The Morgan fingerprint density at radius 3 is 2.62 bits per heavy atom. The van der Waals surface area contributed by atoms with E-state index in [1.54, 1.807) is 18.4 Å². The van der Waals surface area contributed by atoms with Gasteiger partial charge in [-0.05, 0) is 49.9 Å². The summed E-state index contributed by atoms with van der Waals surface area (Å²) in [5.41, 5.74) is 8.31. The molecule has 9 heteroatoms. The molecule has 0 aliphatic heterocycles. The Hall–Kier alpha value is -3.75. The second-order valence-electron chi connectivity index (χ2n) is 8.43. The van der Waals surface area contributed by atoms with Crippen LogP contribution in [0.1, 0.15) is 42.4 Å². The maximum Gasteiger partial charge on any atom is 0.252 e. The lowest BCUT2D eigenvalue weighted by Gasteiger charge is -2.26. The van der Waals surface area contributed by atoms with Crippen LogP contribution >= 0.6 is 0 Å². The van der Waals surface area contributed by atoms with Gasteiger partial charge in [0.25, 0.3) is 5.91 Å². The second kappa shape index (κ2) is 7.44. The molecule has 3 N–H and O–H groups in total. The molecule has 8 nitrogen and oxygen atoms in total. The molecule has 2 atom stereocenters. The number of aryl methyl sites for hydroxylation is 1. The van der Waals surface area contributed by atoms with Gasteiger partial charge in [-0.15, -0.1) is 10.2 Å². The summed E-state index contributed by atoms with van der Waals surface area (Å²) in [5.74, 6) is 0.356. The summed E-state index contributed by atoms with van der Waals surface area (Å²) < 4.78 is 22.1. The minimum Gasteiger partial charge on any atom is -0.421 e. The Morgan fingerprint density at radius 1 is 1.25 bits per heavy atom. The van der Waals surface area contributed by atoms with Crippen molar-refractivity contribution in [1.29, 1.82) is 0 Å². The van der Waals surface area contributed by atoms with E-state index in [0.29, 0.717) is 35.8 Å². The molecule has 1 saturated carbocycles. The zero-order valence-corrected chi connectivity index (χ0v) is 17.8. The van der Waals surface area contributed by atoms with Crippen LogP contribution in [0.3, 0.4) is 0 Å². The Bertz CT molecular complexity index is 1310. The average molecular weight is 434 g/mol. The van der Waals surface area contributed by atoms with Gasteiger partial charge in [-0.25, -0.2) is 8.91 Å². The van der Waals surface area contributed by atoms with Crippen molar-refractivity contribution in [2.24, 2.45) is 5.73 Å². The van der Waals surface area contributed by atoms with E-state index in [-0.39, 0.29) is 5.56 Å². The van der Waals surface area contributed by atoms with Crippen LogP contribution in [0.2, 0.25) is 0 Å². The van der Waals surface area contributed by atoms with Crippen LogP contribution in [0, 0.1) is 6.92 Å². The molecule has 4 aromatic rings. The van der Waals surface area contributed by atoms with Crippen molar-refractivity contribution in [3.8, 4) is 22.6 Å². The van der Waals surface area contributed by atoms with Crippen molar-refractivity contribution < 1.29 is 13.6 Å². The maximum atomic E-state index is 14.9. The number of hydrogen-bond acceptors (Lipinski definition) is 6. The summed E-state index contributed by atoms with van der Waals surface area (Å²) in [7, 11) is 0. The van der Waals surface area contributed by atoms with Crippen LogP contribution in [-0.4, -0.2) is 37.4 Å². The Morgan fingerprint density at radius 2 is 2.00 bits per heavy atom. The molecular weight excluding hydrogens is 411 g/mol. The molecule has 1 aliphatic rings. The Labute approximate surface area is 183 Å².